The number of halogens is 1. The lowest BCUT2D eigenvalue weighted by Crippen LogP contribution is -2.28. The number of ether oxygens (including phenoxy) is 1. The number of carbonyl (C=O) groups excluding carboxylic acids is 1. The summed E-state index contributed by atoms with van der Waals surface area (Å²) in [4.78, 5) is 12.6. The zero-order chi connectivity index (χ0) is 16.4. The number of aliphatic hydroxyl groups excluding tert-OH is 1. The van der Waals surface area contributed by atoms with Gasteiger partial charge in [0.2, 0.25) is 5.91 Å². The van der Waals surface area contributed by atoms with Gasteiger partial charge in [-0.3, -0.25) is 4.79 Å². The van der Waals surface area contributed by atoms with Crippen molar-refractivity contribution in [3.63, 3.8) is 0 Å². The van der Waals surface area contributed by atoms with Crippen LogP contribution in [0.1, 0.15) is 24.0 Å². The van der Waals surface area contributed by atoms with Gasteiger partial charge in [-0.1, -0.05) is 12.1 Å². The van der Waals surface area contributed by atoms with Crippen LogP contribution < -0.4 is 10.1 Å². The Morgan fingerprint density at radius 2 is 2.09 bits per heavy atom. The normalized spacial score (nSPS) is 15.1. The molecule has 3 rings (SSSR count). The van der Waals surface area contributed by atoms with Crippen molar-refractivity contribution in [3.8, 4) is 5.75 Å². The van der Waals surface area contributed by atoms with Gasteiger partial charge in [-0.25, -0.2) is 4.39 Å². The summed E-state index contributed by atoms with van der Waals surface area (Å²) < 4.78 is 18.6. The van der Waals surface area contributed by atoms with E-state index in [4.69, 9.17) is 4.74 Å². The average Bonchev–Trinajstić information content (AvgIpc) is 3.36. The lowest BCUT2D eigenvalue weighted by atomic mass is 9.94. The Kier molecular flexibility index (Phi) is 4.05. The molecule has 0 heterocycles. The number of aliphatic hydroxyl groups is 1. The first-order valence-electron chi connectivity index (χ1n) is 7.44. The number of nitrogens with one attached hydrogen (secondary N) is 1. The first kappa shape index (κ1) is 15.5. The molecule has 120 valence electrons. The zero-order valence-electron chi connectivity index (χ0n) is 12.8. The predicted octanol–water partition coefficient (Wildman–Crippen LogP) is 3.00. The highest BCUT2D eigenvalue weighted by atomic mass is 19.1. The molecule has 0 unspecified atom stereocenters. The molecule has 0 bridgehead atoms. The number of anilines is 1. The number of hydrogen-bond donors (Lipinski definition) is 2. The topological polar surface area (TPSA) is 58.6 Å². The van der Waals surface area contributed by atoms with E-state index in [-0.39, 0.29) is 18.3 Å². The molecule has 4 nitrogen and oxygen atoms in total. The maximum absolute atomic E-state index is 13.4. The van der Waals surface area contributed by atoms with Crippen molar-refractivity contribution < 1.29 is 19.0 Å². The summed E-state index contributed by atoms with van der Waals surface area (Å²) in [6.45, 7) is -0.179. The van der Waals surface area contributed by atoms with Crippen LogP contribution in [-0.4, -0.2) is 18.1 Å². The molecular formula is C18H18FNO3. The van der Waals surface area contributed by atoms with Crippen molar-refractivity contribution >= 4 is 11.6 Å². The molecule has 2 aromatic rings. The first-order chi connectivity index (χ1) is 11.1. The van der Waals surface area contributed by atoms with Gasteiger partial charge in [0.25, 0.3) is 0 Å². The third-order valence-electron chi connectivity index (χ3n) is 4.27. The third-order valence-corrected chi connectivity index (χ3v) is 4.27. The molecule has 5 heteroatoms. The largest absolute Gasteiger partial charge is 0.496 e. The number of hydrogen-bond acceptors (Lipinski definition) is 3. The number of benzene rings is 2. The van der Waals surface area contributed by atoms with Gasteiger partial charge in [0.05, 0.1) is 19.1 Å². The zero-order valence-corrected chi connectivity index (χ0v) is 12.8. The van der Waals surface area contributed by atoms with Crippen molar-refractivity contribution in [3.05, 3.63) is 59.4 Å². The maximum Gasteiger partial charge on any atom is 0.235 e. The maximum atomic E-state index is 13.4. The second kappa shape index (κ2) is 6.01. The van der Waals surface area contributed by atoms with E-state index < -0.39 is 5.41 Å². The highest BCUT2D eigenvalue weighted by molar-refractivity contribution is 6.01. The third kappa shape index (κ3) is 2.92. The van der Waals surface area contributed by atoms with E-state index in [1.54, 1.807) is 30.3 Å². The summed E-state index contributed by atoms with van der Waals surface area (Å²) >= 11 is 0. The lowest BCUT2D eigenvalue weighted by molar-refractivity contribution is -0.118. The van der Waals surface area contributed by atoms with Gasteiger partial charge in [-0.2, -0.15) is 0 Å². The SMILES string of the molecule is COc1ccc(NC(=O)C2(c3cccc(F)c3)CC2)cc1CO. The fourth-order valence-electron chi connectivity index (χ4n) is 2.79. The fourth-order valence-corrected chi connectivity index (χ4v) is 2.79. The number of amides is 1. The van der Waals surface area contributed by atoms with Crippen molar-refractivity contribution in [1.29, 1.82) is 0 Å². The molecule has 1 aliphatic carbocycles. The van der Waals surface area contributed by atoms with Crippen LogP contribution in [0, 0.1) is 5.82 Å². The van der Waals surface area contributed by atoms with E-state index in [0.717, 1.165) is 0 Å². The standard InChI is InChI=1S/C18H18FNO3/c1-23-16-6-5-15(9-12(16)11-21)20-17(22)18(7-8-18)13-3-2-4-14(19)10-13/h2-6,9-10,21H,7-8,11H2,1H3,(H,20,22). The van der Waals surface area contributed by atoms with E-state index in [0.29, 0.717) is 35.4 Å². The van der Waals surface area contributed by atoms with Gasteiger partial charge in [0, 0.05) is 11.3 Å². The van der Waals surface area contributed by atoms with Crippen LogP contribution in [0.25, 0.3) is 0 Å². The summed E-state index contributed by atoms with van der Waals surface area (Å²) in [6, 6.07) is 11.3. The highest BCUT2D eigenvalue weighted by Crippen LogP contribution is 2.49. The Labute approximate surface area is 133 Å². The highest BCUT2D eigenvalue weighted by Gasteiger charge is 2.51. The summed E-state index contributed by atoms with van der Waals surface area (Å²) in [5.74, 6) is 0.0718. The van der Waals surface area contributed by atoms with E-state index in [1.807, 2.05) is 0 Å². The fraction of sp³-hybridized carbons (Fsp3) is 0.278. The van der Waals surface area contributed by atoms with E-state index in [9.17, 15) is 14.3 Å². The minimum absolute atomic E-state index is 0.155. The van der Waals surface area contributed by atoms with E-state index >= 15 is 0 Å². The molecule has 2 aromatic carbocycles. The molecule has 0 radical (unpaired) electrons. The Morgan fingerprint density at radius 1 is 1.30 bits per heavy atom. The molecule has 0 aromatic heterocycles. The van der Waals surface area contributed by atoms with Crippen LogP contribution >= 0.6 is 0 Å². The van der Waals surface area contributed by atoms with Crippen molar-refractivity contribution in [1.82, 2.24) is 0 Å². The Balaban J connectivity index is 1.82. The Bertz CT molecular complexity index is 741. The second-order valence-electron chi connectivity index (χ2n) is 5.73. The van der Waals surface area contributed by atoms with Crippen LogP contribution in [0.2, 0.25) is 0 Å². The van der Waals surface area contributed by atoms with Crippen LogP contribution in [0.15, 0.2) is 42.5 Å². The van der Waals surface area contributed by atoms with Crippen molar-refractivity contribution in [2.45, 2.75) is 24.9 Å². The number of carbonyl (C=O) groups is 1. The average molecular weight is 315 g/mol. The van der Waals surface area contributed by atoms with Crippen LogP contribution in [0.5, 0.6) is 5.75 Å². The van der Waals surface area contributed by atoms with Gasteiger partial charge in [-0.05, 0) is 48.7 Å². The molecule has 0 spiro atoms. The smallest absolute Gasteiger partial charge is 0.235 e. The van der Waals surface area contributed by atoms with Crippen molar-refractivity contribution in [2.75, 3.05) is 12.4 Å². The molecule has 1 aliphatic rings. The summed E-state index contributed by atoms with van der Waals surface area (Å²) in [5.41, 5.74) is 1.23. The van der Waals surface area contributed by atoms with Gasteiger partial charge < -0.3 is 15.2 Å². The molecular weight excluding hydrogens is 297 g/mol. The molecule has 2 N–H and O–H groups in total. The lowest BCUT2D eigenvalue weighted by Gasteiger charge is -2.17. The minimum Gasteiger partial charge on any atom is -0.496 e. The molecule has 0 aliphatic heterocycles. The second-order valence-corrected chi connectivity index (χ2v) is 5.73. The van der Waals surface area contributed by atoms with Gasteiger partial charge in [0.15, 0.2) is 0 Å². The van der Waals surface area contributed by atoms with Gasteiger partial charge in [0.1, 0.15) is 11.6 Å². The number of methoxy groups -OCH3 is 1. The predicted molar refractivity (Wildman–Crippen MR) is 84.9 cm³/mol. The monoisotopic (exact) mass is 315 g/mol. The van der Waals surface area contributed by atoms with Crippen molar-refractivity contribution in [2.24, 2.45) is 0 Å². The molecule has 23 heavy (non-hydrogen) atoms. The Morgan fingerprint density at radius 3 is 2.70 bits per heavy atom. The molecule has 1 saturated carbocycles. The van der Waals surface area contributed by atoms with E-state index in [2.05, 4.69) is 5.32 Å². The van der Waals surface area contributed by atoms with Crippen LogP contribution in [-0.2, 0) is 16.8 Å². The molecule has 1 fully saturated rings. The summed E-state index contributed by atoms with van der Waals surface area (Å²) in [6.07, 6.45) is 1.40. The molecule has 0 atom stereocenters. The number of rotatable bonds is 5. The van der Waals surface area contributed by atoms with Crippen LogP contribution in [0.4, 0.5) is 10.1 Å². The summed E-state index contributed by atoms with van der Waals surface area (Å²) in [7, 11) is 1.52. The quantitative estimate of drug-likeness (QED) is 0.892. The van der Waals surface area contributed by atoms with Crippen LogP contribution in [0.3, 0.4) is 0 Å². The van der Waals surface area contributed by atoms with Gasteiger partial charge >= 0.3 is 0 Å². The van der Waals surface area contributed by atoms with Gasteiger partial charge in [-0.15, -0.1) is 0 Å². The molecule has 1 amide bonds. The van der Waals surface area contributed by atoms with E-state index in [1.165, 1.54) is 19.2 Å². The summed E-state index contributed by atoms with van der Waals surface area (Å²) in [5, 5.41) is 12.2. The Hall–Kier alpha value is -2.40. The molecule has 0 saturated heterocycles. The first-order valence-corrected chi connectivity index (χ1v) is 7.44. The minimum atomic E-state index is -0.651.